The first-order valence-corrected chi connectivity index (χ1v) is 7.63. The molecular formula is C16H17BrClNO2. The van der Waals surface area contributed by atoms with Crippen LogP contribution in [0.4, 0.5) is 5.69 Å². The number of hydrogen-bond donors (Lipinski definition) is 1. The van der Waals surface area contributed by atoms with Gasteiger partial charge in [0.15, 0.2) is 0 Å². The lowest BCUT2D eigenvalue weighted by Gasteiger charge is -2.15. The topological polar surface area (TPSA) is 30.5 Å². The monoisotopic (exact) mass is 369 g/mol. The Labute approximate surface area is 138 Å². The molecule has 1 N–H and O–H groups in total. The number of anilines is 1. The predicted octanol–water partition coefficient (Wildman–Crippen LogP) is 5.04. The van der Waals surface area contributed by atoms with Crippen LogP contribution in [0.25, 0.3) is 0 Å². The van der Waals surface area contributed by atoms with Crippen LogP contribution in [-0.2, 0) is 6.54 Å². The standard InChI is InChI=1S/C16H17BrClNO2/c1-10-13(18)5-4-6-14(10)19-9-11-7-12(17)16(21-3)8-15(11)20-2/h4-8,19H,9H2,1-3H3. The Morgan fingerprint density at radius 2 is 1.86 bits per heavy atom. The first kappa shape index (κ1) is 16.0. The highest BCUT2D eigenvalue weighted by molar-refractivity contribution is 9.10. The van der Waals surface area contributed by atoms with Crippen LogP contribution >= 0.6 is 27.5 Å². The van der Waals surface area contributed by atoms with Crippen molar-refractivity contribution in [3.63, 3.8) is 0 Å². The fourth-order valence-electron chi connectivity index (χ4n) is 2.05. The highest BCUT2D eigenvalue weighted by Gasteiger charge is 2.10. The van der Waals surface area contributed by atoms with Gasteiger partial charge in [0.05, 0.1) is 18.7 Å². The van der Waals surface area contributed by atoms with Crippen molar-refractivity contribution in [2.45, 2.75) is 13.5 Å². The number of hydrogen-bond acceptors (Lipinski definition) is 3. The fraction of sp³-hybridized carbons (Fsp3) is 0.250. The van der Waals surface area contributed by atoms with Gasteiger partial charge in [-0.2, -0.15) is 0 Å². The largest absolute Gasteiger partial charge is 0.496 e. The summed E-state index contributed by atoms with van der Waals surface area (Å²) in [6, 6.07) is 9.67. The Hall–Kier alpha value is -1.39. The lowest BCUT2D eigenvalue weighted by molar-refractivity contribution is 0.390. The van der Waals surface area contributed by atoms with E-state index in [0.29, 0.717) is 6.54 Å². The van der Waals surface area contributed by atoms with Crippen molar-refractivity contribution in [3.05, 3.63) is 51.0 Å². The van der Waals surface area contributed by atoms with Crippen LogP contribution in [0, 0.1) is 6.92 Å². The zero-order valence-corrected chi connectivity index (χ0v) is 14.5. The van der Waals surface area contributed by atoms with Crippen LogP contribution in [-0.4, -0.2) is 14.2 Å². The van der Waals surface area contributed by atoms with Gasteiger partial charge in [-0.3, -0.25) is 0 Å². The van der Waals surface area contributed by atoms with Gasteiger partial charge in [0, 0.05) is 28.9 Å². The number of ether oxygens (including phenoxy) is 2. The van der Waals surface area contributed by atoms with Gasteiger partial charge < -0.3 is 14.8 Å². The minimum Gasteiger partial charge on any atom is -0.496 e. The molecule has 0 radical (unpaired) electrons. The normalized spacial score (nSPS) is 10.3. The Morgan fingerprint density at radius 1 is 1.14 bits per heavy atom. The maximum absolute atomic E-state index is 6.13. The molecule has 2 aromatic rings. The summed E-state index contributed by atoms with van der Waals surface area (Å²) in [6.07, 6.45) is 0. The third-order valence-electron chi connectivity index (χ3n) is 3.29. The van der Waals surface area contributed by atoms with E-state index >= 15 is 0 Å². The molecular weight excluding hydrogens is 354 g/mol. The van der Waals surface area contributed by atoms with E-state index in [1.807, 2.05) is 37.3 Å². The molecule has 0 aliphatic heterocycles. The van der Waals surface area contributed by atoms with Gasteiger partial charge in [-0.15, -0.1) is 0 Å². The Bertz CT molecular complexity index is 646. The maximum atomic E-state index is 6.13. The third-order valence-corrected chi connectivity index (χ3v) is 4.32. The Balaban J connectivity index is 2.23. The maximum Gasteiger partial charge on any atom is 0.136 e. The van der Waals surface area contributed by atoms with Gasteiger partial charge in [0.2, 0.25) is 0 Å². The Kier molecular flexibility index (Phi) is 5.37. The molecule has 0 amide bonds. The van der Waals surface area contributed by atoms with E-state index in [1.165, 1.54) is 0 Å². The molecule has 112 valence electrons. The molecule has 0 unspecified atom stereocenters. The molecule has 5 heteroatoms. The lowest BCUT2D eigenvalue weighted by atomic mass is 10.1. The molecule has 0 aliphatic rings. The quantitative estimate of drug-likeness (QED) is 0.800. The Morgan fingerprint density at radius 3 is 2.52 bits per heavy atom. The summed E-state index contributed by atoms with van der Waals surface area (Å²) in [5.41, 5.74) is 3.08. The first-order chi connectivity index (χ1) is 10.1. The van der Waals surface area contributed by atoms with Gasteiger partial charge in [-0.1, -0.05) is 17.7 Å². The molecule has 0 saturated heterocycles. The van der Waals surface area contributed by atoms with Crippen molar-refractivity contribution < 1.29 is 9.47 Å². The van der Waals surface area contributed by atoms with Crippen molar-refractivity contribution >= 4 is 33.2 Å². The second-order valence-electron chi connectivity index (χ2n) is 4.56. The van der Waals surface area contributed by atoms with E-state index in [1.54, 1.807) is 14.2 Å². The van der Waals surface area contributed by atoms with Crippen LogP contribution in [0.2, 0.25) is 5.02 Å². The van der Waals surface area contributed by atoms with E-state index in [-0.39, 0.29) is 0 Å². The van der Waals surface area contributed by atoms with Gasteiger partial charge in [0.25, 0.3) is 0 Å². The minimum atomic E-state index is 0.632. The second-order valence-corrected chi connectivity index (χ2v) is 5.83. The summed E-state index contributed by atoms with van der Waals surface area (Å²) < 4.78 is 11.6. The summed E-state index contributed by atoms with van der Waals surface area (Å²) in [6.45, 7) is 2.62. The zero-order valence-electron chi connectivity index (χ0n) is 12.2. The smallest absolute Gasteiger partial charge is 0.136 e. The van der Waals surface area contributed by atoms with Crippen molar-refractivity contribution in [2.75, 3.05) is 19.5 Å². The summed E-state index contributed by atoms with van der Waals surface area (Å²) in [5.74, 6) is 1.52. The van der Waals surface area contributed by atoms with E-state index in [4.69, 9.17) is 21.1 Å². The predicted molar refractivity (Wildman–Crippen MR) is 90.8 cm³/mol. The summed E-state index contributed by atoms with van der Waals surface area (Å²) in [4.78, 5) is 0. The minimum absolute atomic E-state index is 0.632. The van der Waals surface area contributed by atoms with E-state index in [0.717, 1.165) is 37.8 Å². The van der Waals surface area contributed by atoms with Gasteiger partial charge in [0.1, 0.15) is 11.5 Å². The SMILES string of the molecule is COc1cc(OC)c(CNc2cccc(Cl)c2C)cc1Br. The summed E-state index contributed by atoms with van der Waals surface area (Å²) in [7, 11) is 3.28. The second kappa shape index (κ2) is 7.05. The molecule has 2 rings (SSSR count). The van der Waals surface area contributed by atoms with Crippen LogP contribution in [0.3, 0.4) is 0 Å². The zero-order chi connectivity index (χ0) is 15.4. The van der Waals surface area contributed by atoms with Crippen molar-refractivity contribution in [2.24, 2.45) is 0 Å². The molecule has 0 aromatic heterocycles. The van der Waals surface area contributed by atoms with E-state index in [9.17, 15) is 0 Å². The van der Waals surface area contributed by atoms with Gasteiger partial charge in [-0.25, -0.2) is 0 Å². The highest BCUT2D eigenvalue weighted by atomic mass is 79.9. The van der Waals surface area contributed by atoms with Crippen molar-refractivity contribution in [1.82, 2.24) is 0 Å². The molecule has 0 heterocycles. The van der Waals surface area contributed by atoms with Gasteiger partial charge in [-0.05, 0) is 46.6 Å². The molecule has 0 aliphatic carbocycles. The fourth-order valence-corrected chi connectivity index (χ4v) is 2.78. The number of halogens is 2. The number of rotatable bonds is 5. The van der Waals surface area contributed by atoms with Crippen LogP contribution < -0.4 is 14.8 Å². The highest BCUT2D eigenvalue weighted by Crippen LogP contribution is 2.33. The molecule has 0 bridgehead atoms. The average Bonchev–Trinajstić information content (AvgIpc) is 2.49. The average molecular weight is 371 g/mol. The molecule has 21 heavy (non-hydrogen) atoms. The summed E-state index contributed by atoms with van der Waals surface area (Å²) in [5, 5.41) is 4.14. The molecule has 0 fully saturated rings. The van der Waals surface area contributed by atoms with E-state index < -0.39 is 0 Å². The van der Waals surface area contributed by atoms with Gasteiger partial charge >= 0.3 is 0 Å². The van der Waals surface area contributed by atoms with Crippen LogP contribution in [0.1, 0.15) is 11.1 Å². The molecule has 3 nitrogen and oxygen atoms in total. The lowest BCUT2D eigenvalue weighted by Crippen LogP contribution is -2.04. The molecule has 2 aromatic carbocycles. The molecule has 0 saturated carbocycles. The molecule has 0 spiro atoms. The number of methoxy groups -OCH3 is 2. The third kappa shape index (κ3) is 3.63. The van der Waals surface area contributed by atoms with Crippen LogP contribution in [0.15, 0.2) is 34.8 Å². The number of nitrogens with one attached hydrogen (secondary N) is 1. The molecule has 0 atom stereocenters. The van der Waals surface area contributed by atoms with Crippen LogP contribution in [0.5, 0.6) is 11.5 Å². The summed E-state index contributed by atoms with van der Waals surface area (Å²) >= 11 is 9.62. The van der Waals surface area contributed by atoms with E-state index in [2.05, 4.69) is 21.2 Å². The van der Waals surface area contributed by atoms with Crippen molar-refractivity contribution in [3.8, 4) is 11.5 Å². The van der Waals surface area contributed by atoms with Crippen molar-refractivity contribution in [1.29, 1.82) is 0 Å². The number of benzene rings is 2. The first-order valence-electron chi connectivity index (χ1n) is 6.46.